The number of rotatable bonds is 7. The average molecular weight is 610 g/mol. The van der Waals surface area contributed by atoms with Gasteiger partial charge in [0, 0.05) is 40.7 Å². The first-order valence-corrected chi connectivity index (χ1v) is 12.8. The van der Waals surface area contributed by atoms with Gasteiger partial charge in [0.15, 0.2) is 0 Å². The molecule has 2 heterocycles. The molecule has 14 heteroatoms. The maximum atomic E-state index is 14.4. The van der Waals surface area contributed by atoms with Crippen LogP contribution in [0.2, 0.25) is 10.0 Å². The molecule has 0 bridgehead atoms. The third-order valence-electron chi connectivity index (χ3n) is 6.84. The molecule has 1 saturated heterocycles. The molecule has 2 amide bonds. The van der Waals surface area contributed by atoms with Crippen molar-refractivity contribution in [2.45, 2.75) is 50.0 Å². The smallest absolute Gasteiger partial charge is 0.338 e. The van der Waals surface area contributed by atoms with Crippen LogP contribution in [0.1, 0.15) is 46.3 Å². The highest BCUT2D eigenvalue weighted by Crippen LogP contribution is 2.48. The van der Waals surface area contributed by atoms with Crippen LogP contribution in [0.25, 0.3) is 0 Å². The molecule has 40 heavy (non-hydrogen) atoms. The Morgan fingerprint density at radius 3 is 2.40 bits per heavy atom. The molecule has 2 aliphatic heterocycles. The maximum absolute atomic E-state index is 14.4. The number of alkyl halides is 6. The van der Waals surface area contributed by atoms with Gasteiger partial charge in [0.1, 0.15) is 18.1 Å². The summed E-state index contributed by atoms with van der Waals surface area (Å²) >= 11 is 12.0. The summed E-state index contributed by atoms with van der Waals surface area (Å²) in [6.07, 6.45) is -10.9. The highest BCUT2D eigenvalue weighted by atomic mass is 35.5. The second-order valence-corrected chi connectivity index (χ2v) is 10.6. The summed E-state index contributed by atoms with van der Waals surface area (Å²) in [6, 6.07) is 7.11. The van der Waals surface area contributed by atoms with Crippen molar-refractivity contribution in [3.8, 4) is 0 Å². The van der Waals surface area contributed by atoms with E-state index in [1.54, 1.807) is 6.92 Å². The van der Waals surface area contributed by atoms with Crippen LogP contribution in [0.3, 0.4) is 0 Å². The van der Waals surface area contributed by atoms with Gasteiger partial charge in [-0.05, 0) is 60.4 Å². The molecule has 0 spiro atoms. The lowest BCUT2D eigenvalue weighted by atomic mass is 9.76. The SMILES string of the molecule is Cc1cc(C2=NCC(c3cc(Cl)cc(Cl)c3)(C(F)(F)F)C2)ccc1C(=O)N[C@@H]1CON(CCCC(F)(F)F)C1=O. The highest BCUT2D eigenvalue weighted by molar-refractivity contribution is 6.34. The molecular weight excluding hydrogens is 587 g/mol. The Hall–Kier alpha value is -2.83. The molecule has 2 aromatic rings. The number of carbonyl (C=O) groups is 2. The Balaban J connectivity index is 1.45. The van der Waals surface area contributed by atoms with Crippen LogP contribution >= 0.6 is 23.2 Å². The molecule has 0 aliphatic carbocycles. The largest absolute Gasteiger partial charge is 0.400 e. The number of aliphatic imine (C=N–C) groups is 1. The zero-order valence-electron chi connectivity index (χ0n) is 20.9. The molecule has 0 aromatic heterocycles. The van der Waals surface area contributed by atoms with E-state index in [0.29, 0.717) is 11.1 Å². The lowest BCUT2D eigenvalue weighted by molar-refractivity contribution is -0.183. The van der Waals surface area contributed by atoms with Crippen LogP contribution in [-0.2, 0) is 15.0 Å². The number of carbonyl (C=O) groups excluding carboxylic acids is 2. The molecule has 0 radical (unpaired) electrons. The minimum absolute atomic E-state index is 0.0707. The number of hydrogen-bond donors (Lipinski definition) is 1. The molecule has 1 fully saturated rings. The Kier molecular flexibility index (Phi) is 8.45. The van der Waals surface area contributed by atoms with Crippen molar-refractivity contribution < 1.29 is 40.8 Å². The summed E-state index contributed by atoms with van der Waals surface area (Å²) in [5, 5.41) is 3.43. The van der Waals surface area contributed by atoms with Gasteiger partial charge in [-0.15, -0.1) is 0 Å². The summed E-state index contributed by atoms with van der Waals surface area (Å²) < 4.78 is 80.2. The monoisotopic (exact) mass is 609 g/mol. The van der Waals surface area contributed by atoms with Crippen molar-refractivity contribution in [1.82, 2.24) is 10.4 Å². The topological polar surface area (TPSA) is 71.0 Å². The van der Waals surface area contributed by atoms with E-state index >= 15 is 0 Å². The maximum Gasteiger partial charge on any atom is 0.400 e. The normalized spacial score (nSPS) is 21.6. The van der Waals surface area contributed by atoms with Gasteiger partial charge in [-0.25, -0.2) is 5.06 Å². The number of halogens is 8. The molecule has 4 rings (SSSR count). The predicted molar refractivity (Wildman–Crippen MR) is 136 cm³/mol. The Labute approximate surface area is 235 Å². The van der Waals surface area contributed by atoms with Crippen LogP contribution in [0.5, 0.6) is 0 Å². The van der Waals surface area contributed by atoms with E-state index in [1.165, 1.54) is 36.4 Å². The molecule has 216 valence electrons. The third-order valence-corrected chi connectivity index (χ3v) is 7.28. The van der Waals surface area contributed by atoms with Crippen molar-refractivity contribution in [1.29, 1.82) is 0 Å². The minimum atomic E-state index is -4.66. The summed E-state index contributed by atoms with van der Waals surface area (Å²) in [7, 11) is 0. The second-order valence-electron chi connectivity index (χ2n) is 9.69. The average Bonchev–Trinajstić information content (AvgIpc) is 3.43. The van der Waals surface area contributed by atoms with Crippen LogP contribution in [0.15, 0.2) is 41.4 Å². The third kappa shape index (κ3) is 6.39. The van der Waals surface area contributed by atoms with Crippen molar-refractivity contribution in [2.75, 3.05) is 19.7 Å². The number of hydrogen-bond acceptors (Lipinski definition) is 4. The predicted octanol–water partition coefficient (Wildman–Crippen LogP) is 6.21. The molecule has 2 aromatic carbocycles. The fourth-order valence-electron chi connectivity index (χ4n) is 4.71. The lowest BCUT2D eigenvalue weighted by Gasteiger charge is -2.31. The molecule has 1 N–H and O–H groups in total. The van der Waals surface area contributed by atoms with Gasteiger partial charge in [0.05, 0.1) is 6.54 Å². The van der Waals surface area contributed by atoms with Crippen LogP contribution in [0, 0.1) is 6.92 Å². The number of benzene rings is 2. The standard InChI is InChI=1S/C26H23Cl2F6N3O3/c1-14-7-15(20-11-24(13-35-20,26(32,33)34)16-8-17(27)10-18(28)9-16)3-4-19(14)22(38)36-21-12-40-37(23(21)39)6-2-5-25(29,30)31/h3-4,7-10,21H,2,5-6,11-13H2,1H3,(H,36,38)/t21-,24?/m1/s1. The highest BCUT2D eigenvalue weighted by Gasteiger charge is 2.58. The number of amides is 2. The van der Waals surface area contributed by atoms with Gasteiger partial charge >= 0.3 is 12.4 Å². The first kappa shape index (κ1) is 30.1. The molecule has 0 saturated carbocycles. The summed E-state index contributed by atoms with van der Waals surface area (Å²) in [6.45, 7) is 0.504. The van der Waals surface area contributed by atoms with Crippen molar-refractivity contribution in [2.24, 2.45) is 4.99 Å². The van der Waals surface area contributed by atoms with Gasteiger partial charge in [-0.2, -0.15) is 26.3 Å². The van der Waals surface area contributed by atoms with Crippen molar-refractivity contribution >= 4 is 40.7 Å². The zero-order chi connectivity index (χ0) is 29.5. The zero-order valence-corrected chi connectivity index (χ0v) is 22.4. The summed E-state index contributed by atoms with van der Waals surface area (Å²) in [5.74, 6) is -1.32. The second kappa shape index (κ2) is 11.2. The van der Waals surface area contributed by atoms with Crippen LogP contribution < -0.4 is 5.32 Å². The molecule has 2 aliphatic rings. The number of nitrogens with one attached hydrogen (secondary N) is 1. The quantitative estimate of drug-likeness (QED) is 0.379. The summed E-state index contributed by atoms with van der Waals surface area (Å²) in [5.41, 5.74) is -1.26. The van der Waals surface area contributed by atoms with Gasteiger partial charge in [-0.1, -0.05) is 29.3 Å². The van der Waals surface area contributed by atoms with E-state index in [1.807, 2.05) is 0 Å². The van der Waals surface area contributed by atoms with Gasteiger partial charge in [0.25, 0.3) is 11.8 Å². The van der Waals surface area contributed by atoms with Gasteiger partial charge in [-0.3, -0.25) is 19.4 Å². The lowest BCUT2D eigenvalue weighted by Crippen LogP contribution is -2.43. The number of hydroxylamine groups is 2. The van der Waals surface area contributed by atoms with E-state index in [2.05, 4.69) is 10.3 Å². The van der Waals surface area contributed by atoms with Crippen LogP contribution in [-0.4, -0.2) is 60.7 Å². The Morgan fingerprint density at radius 1 is 1.12 bits per heavy atom. The van der Waals surface area contributed by atoms with Crippen molar-refractivity contribution in [3.05, 3.63) is 68.7 Å². The molecular formula is C26H23Cl2F6N3O3. The Bertz CT molecular complexity index is 1330. The summed E-state index contributed by atoms with van der Waals surface area (Å²) in [4.78, 5) is 34.6. The molecule has 2 atom stereocenters. The van der Waals surface area contributed by atoms with Crippen molar-refractivity contribution in [3.63, 3.8) is 0 Å². The van der Waals surface area contributed by atoms with Crippen LogP contribution in [0.4, 0.5) is 26.3 Å². The van der Waals surface area contributed by atoms with Gasteiger partial charge in [0.2, 0.25) is 0 Å². The molecule has 6 nitrogen and oxygen atoms in total. The van der Waals surface area contributed by atoms with Gasteiger partial charge < -0.3 is 5.32 Å². The first-order valence-electron chi connectivity index (χ1n) is 12.1. The fourth-order valence-corrected chi connectivity index (χ4v) is 5.23. The van der Waals surface area contributed by atoms with E-state index in [9.17, 15) is 35.9 Å². The van der Waals surface area contributed by atoms with E-state index < -0.39 is 55.0 Å². The van der Waals surface area contributed by atoms with E-state index in [-0.39, 0.29) is 46.5 Å². The first-order chi connectivity index (χ1) is 18.6. The van der Waals surface area contributed by atoms with E-state index in [4.69, 9.17) is 28.0 Å². The molecule has 1 unspecified atom stereocenters. The van der Waals surface area contributed by atoms with E-state index in [0.717, 1.165) is 5.06 Å². The number of aryl methyl sites for hydroxylation is 1. The number of nitrogens with zero attached hydrogens (tertiary/aromatic N) is 2. The minimum Gasteiger partial charge on any atom is -0.338 e. The fraction of sp³-hybridized carbons (Fsp3) is 0.423. The Morgan fingerprint density at radius 2 is 1.80 bits per heavy atom.